The number of carbonyl (C=O) groups excluding carboxylic acids is 1. The van der Waals surface area contributed by atoms with Crippen molar-refractivity contribution in [2.75, 3.05) is 30.8 Å². The zero-order chi connectivity index (χ0) is 20.9. The van der Waals surface area contributed by atoms with Gasteiger partial charge < -0.3 is 21.3 Å². The van der Waals surface area contributed by atoms with Crippen LogP contribution in [0.1, 0.15) is 28.3 Å². The third-order valence-electron chi connectivity index (χ3n) is 5.10. The molecule has 0 bridgehead atoms. The number of hydrogen-bond acceptors (Lipinski definition) is 6. The highest BCUT2D eigenvalue weighted by atomic mass is 35.5. The Morgan fingerprint density at radius 2 is 1.93 bits per heavy atom. The van der Waals surface area contributed by atoms with Crippen LogP contribution < -0.4 is 21.3 Å². The first-order chi connectivity index (χ1) is 14.6. The van der Waals surface area contributed by atoms with E-state index in [2.05, 4.69) is 43.4 Å². The van der Waals surface area contributed by atoms with E-state index in [4.69, 9.17) is 11.6 Å². The largest absolute Gasteiger partial charge is 0.355 e. The van der Waals surface area contributed by atoms with Crippen LogP contribution in [0.3, 0.4) is 0 Å². The van der Waals surface area contributed by atoms with Gasteiger partial charge in [0.05, 0.1) is 28.2 Å². The molecule has 1 atom stereocenters. The molecular formula is C22H23ClN6O. The fraction of sp³-hybridized carbons (Fsp3) is 0.227. The van der Waals surface area contributed by atoms with Gasteiger partial charge in [-0.15, -0.1) is 0 Å². The quantitative estimate of drug-likeness (QED) is 0.479. The topological polar surface area (TPSA) is 91.0 Å². The third kappa shape index (κ3) is 4.53. The van der Waals surface area contributed by atoms with Gasteiger partial charge in [-0.25, -0.2) is 9.97 Å². The Labute approximate surface area is 180 Å². The molecule has 0 spiro atoms. The predicted octanol–water partition coefficient (Wildman–Crippen LogP) is 4.05. The first-order valence-corrected chi connectivity index (χ1v) is 10.2. The van der Waals surface area contributed by atoms with Gasteiger partial charge in [0.2, 0.25) is 0 Å². The molecule has 0 radical (unpaired) electrons. The van der Waals surface area contributed by atoms with E-state index in [-0.39, 0.29) is 5.91 Å². The second-order valence-electron chi connectivity index (χ2n) is 7.09. The molecule has 2 aromatic heterocycles. The lowest BCUT2D eigenvalue weighted by Crippen LogP contribution is -2.19. The highest BCUT2D eigenvalue weighted by Gasteiger charge is 2.17. The summed E-state index contributed by atoms with van der Waals surface area (Å²) >= 11 is 6.35. The fourth-order valence-corrected chi connectivity index (χ4v) is 3.66. The summed E-state index contributed by atoms with van der Waals surface area (Å²) in [6.07, 6.45) is 4.51. The van der Waals surface area contributed by atoms with Gasteiger partial charge in [-0.2, -0.15) is 0 Å². The highest BCUT2D eigenvalue weighted by molar-refractivity contribution is 6.33. The average molecular weight is 423 g/mol. The number of pyridine rings is 2. The lowest BCUT2D eigenvalue weighted by atomic mass is 10.00. The van der Waals surface area contributed by atoms with E-state index in [9.17, 15) is 4.79 Å². The summed E-state index contributed by atoms with van der Waals surface area (Å²) < 4.78 is 0. The Balaban J connectivity index is 1.56. The van der Waals surface area contributed by atoms with Gasteiger partial charge in [-0.05, 0) is 48.7 Å². The van der Waals surface area contributed by atoms with Gasteiger partial charge in [0.15, 0.2) is 0 Å². The van der Waals surface area contributed by atoms with Crippen LogP contribution in [-0.4, -0.2) is 36.0 Å². The number of aromatic nitrogens is 2. The monoisotopic (exact) mass is 422 g/mol. The van der Waals surface area contributed by atoms with Crippen LogP contribution in [-0.2, 0) is 0 Å². The van der Waals surface area contributed by atoms with Crippen molar-refractivity contribution < 1.29 is 4.79 Å². The van der Waals surface area contributed by atoms with E-state index < -0.39 is 0 Å². The summed E-state index contributed by atoms with van der Waals surface area (Å²) in [6, 6.07) is 13.2. The van der Waals surface area contributed by atoms with E-state index in [1.165, 1.54) is 5.56 Å². The molecule has 1 aromatic carbocycles. The Morgan fingerprint density at radius 3 is 2.73 bits per heavy atom. The maximum atomic E-state index is 12.1. The number of amides is 1. The number of nitrogens with one attached hydrogen (secondary N) is 4. The molecule has 1 amide bonds. The number of anilines is 4. The second-order valence-corrected chi connectivity index (χ2v) is 7.50. The molecule has 0 aliphatic carbocycles. The van der Waals surface area contributed by atoms with Crippen LogP contribution in [0.2, 0.25) is 5.02 Å². The lowest BCUT2D eigenvalue weighted by Gasteiger charge is -2.14. The van der Waals surface area contributed by atoms with Crippen molar-refractivity contribution in [2.45, 2.75) is 12.3 Å². The van der Waals surface area contributed by atoms with Gasteiger partial charge in [-0.3, -0.25) is 4.79 Å². The minimum Gasteiger partial charge on any atom is -0.355 e. The number of halogens is 1. The van der Waals surface area contributed by atoms with E-state index in [1.54, 1.807) is 25.4 Å². The van der Waals surface area contributed by atoms with Crippen molar-refractivity contribution in [3.63, 3.8) is 0 Å². The number of rotatable bonds is 6. The van der Waals surface area contributed by atoms with Gasteiger partial charge >= 0.3 is 0 Å². The Morgan fingerprint density at radius 1 is 1.10 bits per heavy atom. The summed E-state index contributed by atoms with van der Waals surface area (Å²) in [5.41, 5.74) is 3.08. The first-order valence-electron chi connectivity index (χ1n) is 9.81. The molecule has 4 N–H and O–H groups in total. The maximum Gasteiger partial charge on any atom is 0.253 e. The maximum absolute atomic E-state index is 12.1. The molecule has 0 saturated carbocycles. The fourth-order valence-electron chi connectivity index (χ4n) is 3.51. The second kappa shape index (κ2) is 9.11. The zero-order valence-corrected chi connectivity index (χ0v) is 17.3. The van der Waals surface area contributed by atoms with E-state index in [0.29, 0.717) is 33.7 Å². The van der Waals surface area contributed by atoms with Crippen LogP contribution in [0.5, 0.6) is 0 Å². The minimum atomic E-state index is -0.177. The predicted molar refractivity (Wildman–Crippen MR) is 120 cm³/mol. The lowest BCUT2D eigenvalue weighted by molar-refractivity contribution is 0.0964. The molecule has 1 fully saturated rings. The van der Waals surface area contributed by atoms with Crippen molar-refractivity contribution in [3.05, 3.63) is 71.0 Å². The van der Waals surface area contributed by atoms with Crippen molar-refractivity contribution in [3.8, 4) is 0 Å². The number of nitrogens with zero attached hydrogens (tertiary/aromatic N) is 2. The van der Waals surface area contributed by atoms with Gasteiger partial charge in [0, 0.05) is 25.9 Å². The summed E-state index contributed by atoms with van der Waals surface area (Å²) in [5.74, 6) is 1.66. The standard InChI is InChI=1S/C22H23ClN6O/c1-24-22(30)16-4-2-3-5-18(16)28-19-11-21(27-13-17(19)23)29-20-10-14(7-9-26-20)15-6-8-25-12-15/h2-5,7,9-11,13,15,25H,6,8,12H2,1H3,(H,24,30)(H2,26,27,28,29). The number of benzene rings is 1. The summed E-state index contributed by atoms with van der Waals surface area (Å²) in [6.45, 7) is 2.03. The highest BCUT2D eigenvalue weighted by Crippen LogP contribution is 2.30. The normalized spacial score (nSPS) is 15.6. The molecule has 154 valence electrons. The summed E-state index contributed by atoms with van der Waals surface area (Å²) in [7, 11) is 1.60. The van der Waals surface area contributed by atoms with Crippen LogP contribution in [0, 0.1) is 0 Å². The van der Waals surface area contributed by atoms with Gasteiger partial charge in [-0.1, -0.05) is 23.7 Å². The first kappa shape index (κ1) is 20.1. The molecular weight excluding hydrogens is 400 g/mol. The zero-order valence-electron chi connectivity index (χ0n) is 16.6. The van der Waals surface area contributed by atoms with Gasteiger partial charge in [0.1, 0.15) is 11.6 Å². The molecule has 30 heavy (non-hydrogen) atoms. The molecule has 7 nitrogen and oxygen atoms in total. The minimum absolute atomic E-state index is 0.177. The van der Waals surface area contributed by atoms with E-state index >= 15 is 0 Å². The SMILES string of the molecule is CNC(=O)c1ccccc1Nc1cc(Nc2cc(C3CCNC3)ccn2)ncc1Cl. The Kier molecular flexibility index (Phi) is 6.11. The molecule has 1 aliphatic rings. The average Bonchev–Trinajstić information content (AvgIpc) is 3.31. The molecule has 3 aromatic rings. The summed E-state index contributed by atoms with van der Waals surface area (Å²) in [4.78, 5) is 20.9. The third-order valence-corrected chi connectivity index (χ3v) is 5.40. The Bertz CT molecular complexity index is 1050. The number of carbonyl (C=O) groups is 1. The number of para-hydroxylation sites is 1. The van der Waals surface area contributed by atoms with Crippen LogP contribution >= 0.6 is 11.6 Å². The van der Waals surface area contributed by atoms with Crippen LogP contribution in [0.25, 0.3) is 0 Å². The summed E-state index contributed by atoms with van der Waals surface area (Å²) in [5, 5.41) is 13.0. The van der Waals surface area contributed by atoms with Crippen molar-refractivity contribution >= 4 is 40.5 Å². The van der Waals surface area contributed by atoms with Crippen LogP contribution in [0.4, 0.5) is 23.0 Å². The molecule has 4 rings (SSSR count). The molecule has 1 saturated heterocycles. The smallest absolute Gasteiger partial charge is 0.253 e. The molecule has 1 aliphatic heterocycles. The van der Waals surface area contributed by atoms with Crippen molar-refractivity contribution in [1.82, 2.24) is 20.6 Å². The van der Waals surface area contributed by atoms with Gasteiger partial charge in [0.25, 0.3) is 5.91 Å². The number of hydrogen-bond donors (Lipinski definition) is 4. The molecule has 3 heterocycles. The van der Waals surface area contributed by atoms with E-state index in [0.717, 1.165) is 25.3 Å². The van der Waals surface area contributed by atoms with Crippen molar-refractivity contribution in [1.29, 1.82) is 0 Å². The van der Waals surface area contributed by atoms with Crippen LogP contribution in [0.15, 0.2) is 54.9 Å². The van der Waals surface area contributed by atoms with Crippen molar-refractivity contribution in [2.24, 2.45) is 0 Å². The van der Waals surface area contributed by atoms with E-state index in [1.807, 2.05) is 24.4 Å². The Hall–Kier alpha value is -3.16. The molecule has 8 heteroatoms. The molecule has 1 unspecified atom stereocenters.